The molecule has 2 heterocycles. The van der Waals surface area contributed by atoms with Crippen LogP contribution in [0.2, 0.25) is 0 Å². The van der Waals surface area contributed by atoms with Gasteiger partial charge in [0.05, 0.1) is 12.1 Å². The van der Waals surface area contributed by atoms with E-state index in [9.17, 15) is 4.79 Å². The first-order chi connectivity index (χ1) is 16.6. The number of rotatable bonds is 8. The molecule has 3 aromatic rings. The normalized spacial score (nSPS) is 18.8. The number of fused-ring (bicyclic) bond motifs is 1. The van der Waals surface area contributed by atoms with Crippen LogP contribution in [0.4, 0.5) is 0 Å². The number of aromatic nitrogens is 5. The van der Waals surface area contributed by atoms with Crippen LogP contribution in [-0.4, -0.2) is 36.1 Å². The van der Waals surface area contributed by atoms with Crippen molar-refractivity contribution in [1.82, 2.24) is 30.1 Å². The fraction of sp³-hybridized carbons (Fsp3) is 0.630. The zero-order valence-electron chi connectivity index (χ0n) is 20.7. The number of aromatic amines is 1. The number of aryl methyl sites for hydroxylation is 1. The number of nitrogens with zero attached hydrogens (tertiary/aromatic N) is 5. The third kappa shape index (κ3) is 4.81. The number of hydrogen-bond donors (Lipinski definition) is 1. The van der Waals surface area contributed by atoms with Crippen LogP contribution in [0.5, 0.6) is 0 Å². The van der Waals surface area contributed by atoms with E-state index in [1.165, 1.54) is 44.9 Å². The SMILES string of the molecule is CCC[C@@H](c1nnnn1C1CCCC1)N(Cc1cc2ccc(C)cc2[nH]c1=O)C1CCCCC1. The molecule has 1 atom stereocenters. The van der Waals surface area contributed by atoms with Gasteiger partial charge in [-0.3, -0.25) is 9.69 Å². The van der Waals surface area contributed by atoms with Gasteiger partial charge in [-0.1, -0.05) is 57.6 Å². The van der Waals surface area contributed by atoms with Crippen LogP contribution in [0.25, 0.3) is 10.9 Å². The van der Waals surface area contributed by atoms with Gasteiger partial charge in [0, 0.05) is 23.7 Å². The molecule has 2 aliphatic carbocycles. The second-order valence-corrected chi connectivity index (χ2v) is 10.4. The quantitative estimate of drug-likeness (QED) is 0.470. The van der Waals surface area contributed by atoms with Gasteiger partial charge in [-0.15, -0.1) is 5.10 Å². The lowest BCUT2D eigenvalue weighted by Crippen LogP contribution is -2.41. The Balaban J connectivity index is 1.53. The average Bonchev–Trinajstić information content (AvgIpc) is 3.54. The van der Waals surface area contributed by atoms with Crippen LogP contribution in [0.1, 0.15) is 107 Å². The van der Waals surface area contributed by atoms with Crippen molar-refractivity contribution in [2.24, 2.45) is 0 Å². The predicted molar refractivity (Wildman–Crippen MR) is 135 cm³/mol. The maximum absolute atomic E-state index is 13.2. The van der Waals surface area contributed by atoms with E-state index in [-0.39, 0.29) is 11.6 Å². The van der Waals surface area contributed by atoms with Crippen molar-refractivity contribution in [2.45, 2.75) is 109 Å². The molecule has 7 heteroatoms. The number of tetrazole rings is 1. The number of benzene rings is 1. The molecule has 1 aromatic carbocycles. The Morgan fingerprint density at radius 2 is 1.85 bits per heavy atom. The fourth-order valence-electron chi connectivity index (χ4n) is 6.13. The van der Waals surface area contributed by atoms with E-state index >= 15 is 0 Å². The predicted octanol–water partition coefficient (Wildman–Crippen LogP) is 5.61. The topological polar surface area (TPSA) is 79.7 Å². The Hall–Kier alpha value is -2.54. The minimum absolute atomic E-state index is 0.0181. The smallest absolute Gasteiger partial charge is 0.252 e. The Labute approximate surface area is 201 Å². The summed E-state index contributed by atoms with van der Waals surface area (Å²) in [5, 5.41) is 14.3. The lowest BCUT2D eigenvalue weighted by atomic mass is 9.91. The second-order valence-electron chi connectivity index (χ2n) is 10.4. The zero-order chi connectivity index (χ0) is 23.5. The molecule has 5 rings (SSSR count). The van der Waals surface area contributed by atoms with Crippen LogP contribution in [-0.2, 0) is 6.54 Å². The lowest BCUT2D eigenvalue weighted by molar-refractivity contribution is 0.0798. The highest BCUT2D eigenvalue weighted by Crippen LogP contribution is 2.36. The molecule has 0 amide bonds. The van der Waals surface area contributed by atoms with Crippen LogP contribution >= 0.6 is 0 Å². The molecule has 2 saturated carbocycles. The van der Waals surface area contributed by atoms with Gasteiger partial charge in [0.15, 0.2) is 5.82 Å². The summed E-state index contributed by atoms with van der Waals surface area (Å²) >= 11 is 0. The minimum atomic E-state index is 0.0181. The van der Waals surface area contributed by atoms with Crippen molar-refractivity contribution in [3.05, 3.63) is 51.6 Å². The molecule has 0 saturated heterocycles. The highest BCUT2D eigenvalue weighted by atomic mass is 16.1. The standard InChI is InChI=1S/C27H38N6O/c1-3-9-25(26-29-30-31-33(26)23-12-7-8-13-23)32(22-10-5-4-6-11-22)18-21-17-20-15-14-19(2)16-24(20)28-27(21)34/h14-17,22-23,25H,3-13,18H2,1-2H3,(H,28,34)/t25-/m0/s1. The molecule has 34 heavy (non-hydrogen) atoms. The van der Waals surface area contributed by atoms with E-state index in [2.05, 4.69) is 68.2 Å². The first-order valence-electron chi connectivity index (χ1n) is 13.3. The van der Waals surface area contributed by atoms with E-state index in [1.807, 2.05) is 0 Å². The molecule has 1 N–H and O–H groups in total. The molecule has 7 nitrogen and oxygen atoms in total. The molecule has 2 aliphatic rings. The van der Waals surface area contributed by atoms with Gasteiger partial charge in [0.2, 0.25) is 0 Å². The van der Waals surface area contributed by atoms with Crippen LogP contribution in [0, 0.1) is 6.92 Å². The highest BCUT2D eigenvalue weighted by molar-refractivity contribution is 5.79. The van der Waals surface area contributed by atoms with Gasteiger partial charge >= 0.3 is 0 Å². The van der Waals surface area contributed by atoms with Gasteiger partial charge in [-0.25, -0.2) is 4.68 Å². The Bertz CT molecular complexity index is 1160. The monoisotopic (exact) mass is 462 g/mol. The minimum Gasteiger partial charge on any atom is -0.322 e. The molecule has 182 valence electrons. The Kier molecular flexibility index (Phi) is 7.09. The van der Waals surface area contributed by atoms with Crippen molar-refractivity contribution < 1.29 is 0 Å². The molecular formula is C27H38N6O. The summed E-state index contributed by atoms with van der Waals surface area (Å²) in [6.07, 6.45) is 13.0. The molecule has 0 aliphatic heterocycles. The van der Waals surface area contributed by atoms with Crippen LogP contribution < -0.4 is 5.56 Å². The lowest BCUT2D eigenvalue weighted by Gasteiger charge is -2.39. The third-order valence-electron chi connectivity index (χ3n) is 7.92. The van der Waals surface area contributed by atoms with Crippen molar-refractivity contribution in [3.63, 3.8) is 0 Å². The summed E-state index contributed by atoms with van der Waals surface area (Å²) in [6.45, 7) is 4.92. The molecule has 0 spiro atoms. The van der Waals surface area contributed by atoms with E-state index in [0.29, 0.717) is 18.6 Å². The van der Waals surface area contributed by atoms with E-state index in [4.69, 9.17) is 0 Å². The average molecular weight is 463 g/mol. The van der Waals surface area contributed by atoms with Crippen molar-refractivity contribution >= 4 is 10.9 Å². The van der Waals surface area contributed by atoms with E-state index in [1.54, 1.807) is 0 Å². The first-order valence-corrected chi connectivity index (χ1v) is 13.3. The molecule has 0 unspecified atom stereocenters. The maximum Gasteiger partial charge on any atom is 0.252 e. The molecule has 2 aromatic heterocycles. The highest BCUT2D eigenvalue weighted by Gasteiger charge is 2.34. The summed E-state index contributed by atoms with van der Waals surface area (Å²) in [5.41, 5.74) is 2.92. The molecule has 0 bridgehead atoms. The van der Waals surface area contributed by atoms with Gasteiger partial charge in [-0.2, -0.15) is 0 Å². The van der Waals surface area contributed by atoms with Gasteiger partial charge in [0.1, 0.15) is 0 Å². The second kappa shape index (κ2) is 10.4. The molecular weight excluding hydrogens is 424 g/mol. The number of nitrogens with one attached hydrogen (secondary N) is 1. The van der Waals surface area contributed by atoms with E-state index in [0.717, 1.165) is 53.5 Å². The summed E-state index contributed by atoms with van der Waals surface area (Å²) in [6, 6.07) is 9.34. The van der Waals surface area contributed by atoms with Gasteiger partial charge in [-0.05, 0) is 72.5 Å². The largest absolute Gasteiger partial charge is 0.322 e. The van der Waals surface area contributed by atoms with Crippen molar-refractivity contribution in [1.29, 1.82) is 0 Å². The Morgan fingerprint density at radius 3 is 2.62 bits per heavy atom. The van der Waals surface area contributed by atoms with Gasteiger partial charge < -0.3 is 4.98 Å². The zero-order valence-corrected chi connectivity index (χ0v) is 20.7. The van der Waals surface area contributed by atoms with Crippen molar-refractivity contribution in [3.8, 4) is 0 Å². The summed E-state index contributed by atoms with van der Waals surface area (Å²) in [5.74, 6) is 0.993. The molecule has 2 fully saturated rings. The van der Waals surface area contributed by atoms with Crippen LogP contribution in [0.3, 0.4) is 0 Å². The number of pyridine rings is 1. The van der Waals surface area contributed by atoms with E-state index < -0.39 is 0 Å². The van der Waals surface area contributed by atoms with Crippen LogP contribution in [0.15, 0.2) is 29.1 Å². The number of H-pyrrole nitrogens is 1. The maximum atomic E-state index is 13.2. The first kappa shape index (κ1) is 23.2. The third-order valence-corrected chi connectivity index (χ3v) is 7.92. The molecule has 0 radical (unpaired) electrons. The fourth-order valence-corrected chi connectivity index (χ4v) is 6.13. The van der Waals surface area contributed by atoms with Crippen molar-refractivity contribution in [2.75, 3.05) is 0 Å². The van der Waals surface area contributed by atoms with Gasteiger partial charge in [0.25, 0.3) is 5.56 Å². The number of hydrogen-bond acceptors (Lipinski definition) is 5. The summed E-state index contributed by atoms with van der Waals surface area (Å²) in [7, 11) is 0. The summed E-state index contributed by atoms with van der Waals surface area (Å²) < 4.78 is 2.12. The summed E-state index contributed by atoms with van der Waals surface area (Å²) in [4.78, 5) is 18.9. The Morgan fingerprint density at radius 1 is 1.09 bits per heavy atom.